The number of pyridine rings is 1. The van der Waals surface area contributed by atoms with Crippen LogP contribution in [-0.2, 0) is 20.2 Å². The quantitative estimate of drug-likeness (QED) is 0.632. The van der Waals surface area contributed by atoms with Gasteiger partial charge < -0.3 is 4.74 Å². The van der Waals surface area contributed by atoms with Gasteiger partial charge in [0.15, 0.2) is 0 Å². The summed E-state index contributed by atoms with van der Waals surface area (Å²) in [6.07, 6.45) is 3.48. The molecule has 6 nitrogen and oxygen atoms in total. The fourth-order valence-corrected chi connectivity index (χ4v) is 5.52. The van der Waals surface area contributed by atoms with Crippen LogP contribution in [0.1, 0.15) is 48.4 Å². The minimum atomic E-state index is -4.06. The number of aryl methyl sites for hydroxylation is 1. The third kappa shape index (κ3) is 3.47. The molecule has 2 aliphatic carbocycles. The lowest BCUT2D eigenvalue weighted by Crippen LogP contribution is -2.39. The number of fused-ring (bicyclic) bond motifs is 1. The second kappa shape index (κ2) is 7.05. The molecule has 2 saturated carbocycles. The van der Waals surface area contributed by atoms with E-state index in [9.17, 15) is 13.2 Å². The highest BCUT2D eigenvalue weighted by Crippen LogP contribution is 2.53. The van der Waals surface area contributed by atoms with Gasteiger partial charge in [-0.15, -0.1) is 0 Å². The van der Waals surface area contributed by atoms with Crippen molar-refractivity contribution in [2.75, 3.05) is 7.11 Å². The zero-order valence-corrected chi connectivity index (χ0v) is 18.3. The smallest absolute Gasteiger partial charge is 0.264 e. The van der Waals surface area contributed by atoms with Gasteiger partial charge >= 0.3 is 0 Å². The number of methoxy groups -OCH3 is 1. The van der Waals surface area contributed by atoms with Crippen LogP contribution in [-0.4, -0.2) is 26.4 Å². The van der Waals surface area contributed by atoms with E-state index in [1.54, 1.807) is 31.4 Å². The molecule has 1 amide bonds. The molecule has 0 aliphatic heterocycles. The summed E-state index contributed by atoms with van der Waals surface area (Å²) in [5, 5.41) is 0.492. The van der Waals surface area contributed by atoms with Crippen molar-refractivity contribution in [3.63, 3.8) is 0 Å². The summed E-state index contributed by atoms with van der Waals surface area (Å²) in [6, 6.07) is 14.4. The third-order valence-corrected chi connectivity index (χ3v) is 7.71. The van der Waals surface area contributed by atoms with Crippen LogP contribution in [0.3, 0.4) is 0 Å². The summed E-state index contributed by atoms with van der Waals surface area (Å²) in [5.74, 6) is 0.647. The molecule has 1 N–H and O–H groups in total. The molecule has 0 radical (unpaired) electrons. The summed E-state index contributed by atoms with van der Waals surface area (Å²) >= 11 is 0. The highest BCUT2D eigenvalue weighted by atomic mass is 32.2. The number of carbonyl (C=O) groups excluding carboxylic acids is 1. The average Bonchev–Trinajstić information content (AvgIpc) is 3.66. The third-order valence-electron chi connectivity index (χ3n) is 6.32. The Labute approximate surface area is 181 Å². The SMILES string of the molecule is COc1ccc(C2CC2)cc1C1(C(=O)NS(=O)(=O)c2cccc3nc(C)ccc23)CC1. The van der Waals surface area contributed by atoms with Crippen LogP contribution in [0.4, 0.5) is 0 Å². The topological polar surface area (TPSA) is 85.4 Å². The second-order valence-electron chi connectivity index (χ2n) is 8.53. The Balaban J connectivity index is 1.50. The molecule has 0 spiro atoms. The molecule has 2 aliphatic rings. The number of aromatic nitrogens is 1. The Kier molecular flexibility index (Phi) is 4.55. The highest BCUT2D eigenvalue weighted by molar-refractivity contribution is 7.90. The van der Waals surface area contributed by atoms with Gasteiger partial charge in [0.25, 0.3) is 10.0 Å². The molecular formula is C24H24N2O4S. The van der Waals surface area contributed by atoms with Gasteiger partial charge in [0, 0.05) is 16.6 Å². The first-order valence-electron chi connectivity index (χ1n) is 10.5. The van der Waals surface area contributed by atoms with E-state index in [1.165, 1.54) is 11.6 Å². The lowest BCUT2D eigenvalue weighted by Gasteiger charge is -2.20. The van der Waals surface area contributed by atoms with E-state index in [0.717, 1.165) is 24.1 Å². The van der Waals surface area contributed by atoms with Gasteiger partial charge in [-0.25, -0.2) is 13.1 Å². The number of rotatable bonds is 6. The predicted molar refractivity (Wildman–Crippen MR) is 118 cm³/mol. The number of benzene rings is 2. The molecule has 0 saturated heterocycles. The van der Waals surface area contributed by atoms with Crippen LogP contribution in [0, 0.1) is 6.92 Å². The van der Waals surface area contributed by atoms with Crippen LogP contribution < -0.4 is 9.46 Å². The molecule has 2 aromatic carbocycles. The van der Waals surface area contributed by atoms with Gasteiger partial charge in [-0.1, -0.05) is 18.2 Å². The minimum Gasteiger partial charge on any atom is -0.496 e. The Morgan fingerprint density at radius 1 is 1.13 bits per heavy atom. The maximum absolute atomic E-state index is 13.3. The fraction of sp³-hybridized carbons (Fsp3) is 0.333. The largest absolute Gasteiger partial charge is 0.496 e. The molecule has 1 aromatic heterocycles. The van der Waals surface area contributed by atoms with Crippen molar-refractivity contribution in [2.45, 2.75) is 48.8 Å². The molecule has 7 heteroatoms. The zero-order chi connectivity index (χ0) is 21.8. The molecule has 160 valence electrons. The first-order chi connectivity index (χ1) is 14.8. The number of nitrogens with zero attached hydrogens (tertiary/aromatic N) is 1. The second-order valence-corrected chi connectivity index (χ2v) is 10.2. The van der Waals surface area contributed by atoms with Gasteiger partial charge in [0.05, 0.1) is 22.9 Å². The molecule has 5 rings (SSSR count). The van der Waals surface area contributed by atoms with Crippen LogP contribution in [0.15, 0.2) is 53.4 Å². The van der Waals surface area contributed by atoms with Crippen molar-refractivity contribution in [1.82, 2.24) is 9.71 Å². The van der Waals surface area contributed by atoms with Crippen molar-refractivity contribution >= 4 is 26.8 Å². The molecule has 3 aromatic rings. The Morgan fingerprint density at radius 2 is 1.90 bits per heavy atom. The summed E-state index contributed by atoms with van der Waals surface area (Å²) in [7, 11) is -2.49. The highest BCUT2D eigenvalue weighted by Gasteiger charge is 2.54. The first-order valence-corrected chi connectivity index (χ1v) is 11.9. The van der Waals surface area contributed by atoms with E-state index < -0.39 is 21.3 Å². The Hall–Kier alpha value is -2.93. The molecule has 2 fully saturated rings. The van der Waals surface area contributed by atoms with Crippen molar-refractivity contribution in [1.29, 1.82) is 0 Å². The normalized spacial score (nSPS) is 17.4. The summed E-state index contributed by atoms with van der Waals surface area (Å²) in [4.78, 5) is 17.8. The van der Waals surface area contributed by atoms with Gasteiger partial charge in [-0.3, -0.25) is 9.78 Å². The minimum absolute atomic E-state index is 0.0559. The number of hydrogen-bond donors (Lipinski definition) is 1. The molecule has 1 heterocycles. The van der Waals surface area contributed by atoms with Crippen molar-refractivity contribution in [3.8, 4) is 5.75 Å². The lowest BCUT2D eigenvalue weighted by atomic mass is 9.91. The average molecular weight is 437 g/mol. The van der Waals surface area contributed by atoms with Gasteiger partial charge in [0.2, 0.25) is 5.91 Å². The van der Waals surface area contributed by atoms with E-state index in [-0.39, 0.29) is 4.90 Å². The number of amides is 1. The Bertz CT molecular complexity index is 1310. The van der Waals surface area contributed by atoms with E-state index in [2.05, 4.69) is 9.71 Å². The summed E-state index contributed by atoms with van der Waals surface area (Å²) in [6.45, 7) is 1.85. The van der Waals surface area contributed by atoms with Crippen LogP contribution in [0.2, 0.25) is 0 Å². The van der Waals surface area contributed by atoms with E-state index in [4.69, 9.17) is 4.74 Å². The van der Waals surface area contributed by atoms with Crippen LogP contribution in [0.5, 0.6) is 5.75 Å². The molecular weight excluding hydrogens is 412 g/mol. The van der Waals surface area contributed by atoms with E-state index >= 15 is 0 Å². The monoisotopic (exact) mass is 436 g/mol. The molecule has 0 unspecified atom stereocenters. The molecule has 0 atom stereocenters. The summed E-state index contributed by atoms with van der Waals surface area (Å²) < 4.78 is 34.3. The fourth-order valence-electron chi connectivity index (χ4n) is 4.25. The number of sulfonamides is 1. The van der Waals surface area contributed by atoms with Gasteiger partial charge in [0.1, 0.15) is 5.75 Å². The van der Waals surface area contributed by atoms with Crippen LogP contribution >= 0.6 is 0 Å². The van der Waals surface area contributed by atoms with E-state index in [0.29, 0.717) is 35.4 Å². The van der Waals surface area contributed by atoms with Gasteiger partial charge in [-0.05, 0) is 74.4 Å². The molecule has 0 bridgehead atoms. The first kappa shape index (κ1) is 20.0. The van der Waals surface area contributed by atoms with E-state index in [1.807, 2.05) is 25.1 Å². The van der Waals surface area contributed by atoms with Gasteiger partial charge in [-0.2, -0.15) is 0 Å². The lowest BCUT2D eigenvalue weighted by molar-refractivity contribution is -0.121. The van der Waals surface area contributed by atoms with Crippen molar-refractivity contribution in [3.05, 3.63) is 65.4 Å². The number of nitrogens with one attached hydrogen (secondary N) is 1. The van der Waals surface area contributed by atoms with Crippen molar-refractivity contribution in [2.24, 2.45) is 0 Å². The number of carbonyl (C=O) groups is 1. The maximum Gasteiger partial charge on any atom is 0.264 e. The van der Waals surface area contributed by atoms with Crippen LogP contribution in [0.25, 0.3) is 10.9 Å². The van der Waals surface area contributed by atoms with Crippen molar-refractivity contribution < 1.29 is 17.9 Å². The molecule has 31 heavy (non-hydrogen) atoms. The zero-order valence-electron chi connectivity index (χ0n) is 17.5. The number of hydrogen-bond acceptors (Lipinski definition) is 5. The number of ether oxygens (including phenoxy) is 1. The summed E-state index contributed by atoms with van der Waals surface area (Å²) in [5.41, 5.74) is 2.47. The predicted octanol–water partition coefficient (Wildman–Crippen LogP) is 3.97. The maximum atomic E-state index is 13.3. The standard InChI is InChI=1S/C24H24N2O4S/c1-15-6-10-18-20(25-15)4-3-5-22(18)31(28,29)26-23(27)24(12-13-24)19-14-17(16-7-8-16)9-11-21(19)30-2/h3-6,9-11,14,16H,7-8,12-13H2,1-2H3,(H,26,27). The Morgan fingerprint density at radius 3 is 2.58 bits per heavy atom.